The van der Waals surface area contributed by atoms with Crippen LogP contribution in [-0.4, -0.2) is 55.7 Å². The zero-order valence-corrected chi connectivity index (χ0v) is 73.8. The third-order valence-corrected chi connectivity index (χ3v) is 21.2. The monoisotopic (exact) mass is 1810 g/mol. The van der Waals surface area contributed by atoms with Gasteiger partial charge in [-0.25, -0.2) is 0 Å². The minimum Gasteiger partial charge on any atom is -0.504 e. The van der Waals surface area contributed by atoms with E-state index >= 15 is 0 Å². The van der Waals surface area contributed by atoms with Crippen molar-refractivity contribution in [2.75, 3.05) is 16.8 Å². The standard InChI is InChI=1S/C23H19N2.2C21H15N2.C17H15N2.C16H13N2.C14H12N2.2Rh/c1-17-23(18(2)25(24-17)22-11-7-4-8-12-22)21-15-13-20(14-16-21)19-9-5-3-6-10-19;2*1-3-7-17(8-4-1)18-11-13-19(14-12-18)20-15-22-23(16-20)21-9-5-2-6-10-21;1-13-17(15-9-5-3-6-10-15)14(2)19(18-13)16-11-7-4-8-12-16;1-18-11-10-17-16(18)15-9-5-8-14(12-15)13-6-3-2-4-7-13;1-15-11-16(12-7-3-2-4-8-12)14-10-6-5-9-13(14)15;;/h3-11,13-16H,1-2H3;2*1-9,11-16H;3-11H,1-2H3;2-8,10-12H,1H3;2-7,9-11H,1H3;;/q5*-1;-2;;+3. The van der Waals surface area contributed by atoms with E-state index in [0.717, 1.165) is 84.9 Å². The van der Waals surface area contributed by atoms with Gasteiger partial charge in [0, 0.05) is 96.3 Å². The number of imidazole rings is 1. The summed E-state index contributed by atoms with van der Waals surface area (Å²) < 4.78 is 9.62. The maximum absolute atomic E-state index is 4.72. The quantitative estimate of drug-likeness (QED) is 0.0790. The van der Waals surface area contributed by atoms with E-state index in [9.17, 15) is 0 Å². The molecule has 15 aromatic carbocycles. The molecule has 0 bridgehead atoms. The van der Waals surface area contributed by atoms with Gasteiger partial charge in [0.1, 0.15) is 0 Å². The van der Waals surface area contributed by atoms with Gasteiger partial charge in [0.15, 0.2) is 0 Å². The van der Waals surface area contributed by atoms with Crippen molar-refractivity contribution in [2.45, 2.75) is 27.7 Å². The van der Waals surface area contributed by atoms with Crippen molar-refractivity contribution in [3.63, 3.8) is 0 Å². The molecule has 14 heteroatoms. The van der Waals surface area contributed by atoms with Crippen molar-refractivity contribution >= 4 is 17.1 Å². The Balaban J connectivity index is 0.000000123. The normalized spacial score (nSPS) is 10.9. The van der Waals surface area contributed by atoms with E-state index in [-0.39, 0.29) is 39.0 Å². The van der Waals surface area contributed by atoms with Crippen LogP contribution in [0.2, 0.25) is 0 Å². The molecule has 0 spiro atoms. The molecule has 0 fully saturated rings. The van der Waals surface area contributed by atoms with Crippen LogP contribution in [0.5, 0.6) is 0 Å². The molecule has 21 rings (SSSR count). The first-order valence-corrected chi connectivity index (χ1v) is 41.1. The van der Waals surface area contributed by atoms with Gasteiger partial charge >= 0.3 is 19.5 Å². The minimum absolute atomic E-state index is 0. The zero-order valence-electron chi connectivity index (χ0n) is 70.5. The molecule has 12 nitrogen and oxygen atoms in total. The SMILES string of the molecule is CN1[CH-]N(c2[c-]cccc2)c2ccccc21.Cc1nn(-c2[c-]cccc2)c(C)c1-c1ccc(-c2ccccc2)cc1.Cc1nn(-c2[c-]cccc2)c(C)c1-c1ccccc1.Cn1ccnc1-c1[c-]ccc(-c2ccccc2)c1.[Rh+3].[Rh].[c-]1ccccc1-n1cc(-c2ccc(-c3ccccc3)cc2)cn1.[c-]1ccccc1-n1cc(-c2ccc(-c3ccccc3)cc2)cn1. The first-order chi connectivity index (χ1) is 61.0. The average molecular weight is 1810 g/mol. The predicted octanol–water partition coefficient (Wildman–Crippen LogP) is 26.3. The number of para-hydroxylation sites is 7. The topological polar surface area (TPSA) is 95.6 Å². The summed E-state index contributed by atoms with van der Waals surface area (Å²) in [5.41, 5.74) is 31.8. The van der Waals surface area contributed by atoms with Gasteiger partial charge in [0.05, 0.1) is 29.6 Å². The average Bonchev–Trinajstić information content (AvgIpc) is 1.65. The Bertz CT molecular complexity index is 6550. The van der Waals surface area contributed by atoms with Crippen molar-refractivity contribution in [3.8, 4) is 123 Å². The van der Waals surface area contributed by atoms with Crippen LogP contribution in [-0.2, 0) is 46.0 Å². The van der Waals surface area contributed by atoms with Gasteiger partial charge in [-0.15, -0.1) is 65.3 Å². The van der Waals surface area contributed by atoms with Gasteiger partial charge in [-0.3, -0.25) is 23.7 Å². The van der Waals surface area contributed by atoms with Crippen LogP contribution in [0.15, 0.2) is 425 Å². The number of fused-ring (bicyclic) bond motifs is 1. The fraction of sp³-hybridized carbons (Fsp3) is 0.0536. The second-order valence-corrected chi connectivity index (χ2v) is 29.5. The van der Waals surface area contributed by atoms with Crippen LogP contribution in [0.3, 0.4) is 0 Å². The first kappa shape index (κ1) is 87.5. The van der Waals surface area contributed by atoms with E-state index < -0.39 is 0 Å². The summed E-state index contributed by atoms with van der Waals surface area (Å²) in [5, 5.41) is 18.2. The molecule has 0 N–H and O–H groups in total. The second-order valence-electron chi connectivity index (χ2n) is 29.5. The number of aromatic nitrogens is 10. The molecular formula is C112H89N12Rh2-4. The Morgan fingerprint density at radius 2 is 0.611 bits per heavy atom. The molecule has 5 aromatic heterocycles. The summed E-state index contributed by atoms with van der Waals surface area (Å²) in [6.45, 7) is 10.4. The Morgan fingerprint density at radius 1 is 0.294 bits per heavy atom. The predicted molar refractivity (Wildman–Crippen MR) is 506 cm³/mol. The number of benzene rings is 15. The second kappa shape index (κ2) is 42.8. The van der Waals surface area contributed by atoms with Gasteiger partial charge < -0.3 is 14.4 Å². The smallest absolute Gasteiger partial charge is 0.504 e. The van der Waals surface area contributed by atoms with Crippen LogP contribution in [0, 0.1) is 70.8 Å². The Hall–Kier alpha value is -14.8. The molecule has 0 saturated carbocycles. The molecule has 619 valence electrons. The molecule has 1 aliphatic rings. The Kier molecular flexibility index (Phi) is 29.7. The number of aryl methyl sites for hydroxylation is 3. The summed E-state index contributed by atoms with van der Waals surface area (Å²) in [4.78, 5) is 8.62. The van der Waals surface area contributed by atoms with E-state index in [4.69, 9.17) is 5.10 Å². The Morgan fingerprint density at radius 3 is 0.984 bits per heavy atom. The number of anilines is 3. The van der Waals surface area contributed by atoms with Crippen molar-refractivity contribution < 1.29 is 39.0 Å². The van der Waals surface area contributed by atoms with Crippen molar-refractivity contribution in [2.24, 2.45) is 7.05 Å². The van der Waals surface area contributed by atoms with Gasteiger partial charge in [-0.05, 0) is 131 Å². The van der Waals surface area contributed by atoms with Crippen LogP contribution < -0.4 is 9.80 Å². The summed E-state index contributed by atoms with van der Waals surface area (Å²) in [7, 11) is 4.05. The molecule has 0 unspecified atom stereocenters. The summed E-state index contributed by atoms with van der Waals surface area (Å²) in [5.74, 6) is 0.938. The maximum Gasteiger partial charge on any atom is 3.00 e. The fourth-order valence-corrected chi connectivity index (χ4v) is 14.9. The molecule has 0 aliphatic carbocycles. The third-order valence-electron chi connectivity index (χ3n) is 21.2. The molecule has 6 heterocycles. The Labute approximate surface area is 764 Å². The first-order valence-electron chi connectivity index (χ1n) is 41.1. The number of hydrogen-bond acceptors (Lipinski definition) is 7. The molecule has 0 atom stereocenters. The third kappa shape index (κ3) is 21.4. The van der Waals surface area contributed by atoms with Gasteiger partial charge in [0.25, 0.3) is 0 Å². The summed E-state index contributed by atoms with van der Waals surface area (Å²) >= 11 is 0. The molecule has 0 saturated heterocycles. The number of nitrogens with zero attached hydrogens (tertiary/aromatic N) is 12. The molecule has 20 aromatic rings. The van der Waals surface area contributed by atoms with E-state index in [1.807, 2.05) is 225 Å². The maximum atomic E-state index is 4.72. The number of rotatable bonds is 14. The molecule has 1 aliphatic heterocycles. The van der Waals surface area contributed by atoms with Crippen LogP contribution in [0.1, 0.15) is 22.8 Å². The van der Waals surface area contributed by atoms with Crippen LogP contribution in [0.4, 0.5) is 17.1 Å². The fourth-order valence-electron chi connectivity index (χ4n) is 14.9. The van der Waals surface area contributed by atoms with Gasteiger partial charge in [-0.2, -0.15) is 154 Å². The van der Waals surface area contributed by atoms with E-state index in [1.165, 1.54) is 78.1 Å². The molecular weight excluding hydrogens is 1720 g/mol. The van der Waals surface area contributed by atoms with Crippen LogP contribution in [0.25, 0.3) is 123 Å². The van der Waals surface area contributed by atoms with Crippen molar-refractivity contribution in [1.29, 1.82) is 0 Å². The number of hydrogen-bond donors (Lipinski definition) is 0. The van der Waals surface area contributed by atoms with Gasteiger partial charge in [0.2, 0.25) is 0 Å². The van der Waals surface area contributed by atoms with Crippen LogP contribution >= 0.6 is 0 Å². The summed E-state index contributed by atoms with van der Waals surface area (Å²) in [6, 6.07) is 151. The van der Waals surface area contributed by atoms with Crippen molar-refractivity contribution in [3.05, 3.63) is 491 Å². The van der Waals surface area contributed by atoms with E-state index in [0.29, 0.717) is 0 Å². The van der Waals surface area contributed by atoms with E-state index in [1.54, 1.807) is 6.20 Å². The van der Waals surface area contributed by atoms with Gasteiger partial charge in [-0.1, -0.05) is 237 Å². The molecule has 126 heavy (non-hydrogen) atoms. The van der Waals surface area contributed by atoms with Crippen molar-refractivity contribution in [1.82, 2.24) is 48.7 Å². The largest absolute Gasteiger partial charge is 3.00 e. The molecule has 0 amide bonds. The summed E-state index contributed by atoms with van der Waals surface area (Å²) in [6.07, 6.45) is 11.6. The molecule has 1 radical (unpaired) electrons. The minimum atomic E-state index is 0. The zero-order chi connectivity index (χ0) is 84.8. The van der Waals surface area contributed by atoms with E-state index in [2.05, 4.69) is 332 Å².